The van der Waals surface area contributed by atoms with Crippen molar-refractivity contribution in [2.45, 2.75) is 50.7 Å². The maximum absolute atomic E-state index is 13.3. The molecule has 0 amide bonds. The van der Waals surface area contributed by atoms with E-state index < -0.39 is 12.0 Å². The number of carboxylic acid groups (broad SMARTS) is 1. The average molecular weight is 277 g/mol. The SMILES string of the molecule is O=C(O)[C@@H]1C[C@H]2CCCC[C@H]2N1Cc1cccc(F)c1. The molecule has 3 nitrogen and oxygen atoms in total. The monoisotopic (exact) mass is 277 g/mol. The van der Waals surface area contributed by atoms with Crippen LogP contribution in [0.3, 0.4) is 0 Å². The summed E-state index contributed by atoms with van der Waals surface area (Å²) in [5.41, 5.74) is 0.863. The van der Waals surface area contributed by atoms with Gasteiger partial charge in [0.2, 0.25) is 0 Å². The van der Waals surface area contributed by atoms with Crippen LogP contribution in [0.5, 0.6) is 0 Å². The zero-order valence-electron chi connectivity index (χ0n) is 11.5. The van der Waals surface area contributed by atoms with Crippen molar-refractivity contribution in [3.63, 3.8) is 0 Å². The molecule has 3 rings (SSSR count). The van der Waals surface area contributed by atoms with E-state index in [4.69, 9.17) is 0 Å². The summed E-state index contributed by atoms with van der Waals surface area (Å²) in [4.78, 5) is 13.6. The molecule has 1 aromatic carbocycles. The summed E-state index contributed by atoms with van der Waals surface area (Å²) in [6, 6.07) is 6.44. The Hall–Kier alpha value is -1.42. The third-order valence-corrected chi connectivity index (χ3v) is 4.76. The van der Waals surface area contributed by atoms with Crippen LogP contribution in [-0.4, -0.2) is 28.1 Å². The molecule has 1 N–H and O–H groups in total. The van der Waals surface area contributed by atoms with E-state index in [1.165, 1.54) is 25.0 Å². The van der Waals surface area contributed by atoms with E-state index in [0.29, 0.717) is 18.5 Å². The smallest absolute Gasteiger partial charge is 0.320 e. The first-order valence-corrected chi connectivity index (χ1v) is 7.38. The minimum absolute atomic E-state index is 0.256. The fourth-order valence-corrected chi connectivity index (χ4v) is 3.87. The summed E-state index contributed by atoms with van der Waals surface area (Å²) in [7, 11) is 0. The molecule has 2 aliphatic rings. The number of likely N-dealkylation sites (tertiary alicyclic amines) is 1. The highest BCUT2D eigenvalue weighted by molar-refractivity contribution is 5.74. The van der Waals surface area contributed by atoms with Gasteiger partial charge in [-0.1, -0.05) is 25.0 Å². The summed E-state index contributed by atoms with van der Waals surface area (Å²) in [5, 5.41) is 9.45. The Morgan fingerprint density at radius 3 is 2.90 bits per heavy atom. The molecule has 0 bridgehead atoms. The Morgan fingerprint density at radius 1 is 1.35 bits per heavy atom. The third kappa shape index (κ3) is 2.57. The molecule has 4 heteroatoms. The van der Waals surface area contributed by atoms with Crippen LogP contribution in [0.4, 0.5) is 4.39 Å². The number of benzene rings is 1. The number of carboxylic acids is 1. The minimum Gasteiger partial charge on any atom is -0.480 e. The highest BCUT2D eigenvalue weighted by Crippen LogP contribution is 2.40. The number of halogens is 1. The maximum atomic E-state index is 13.3. The molecule has 0 spiro atoms. The van der Waals surface area contributed by atoms with Gasteiger partial charge in [-0.05, 0) is 42.9 Å². The minimum atomic E-state index is -0.740. The van der Waals surface area contributed by atoms with Gasteiger partial charge in [-0.3, -0.25) is 9.69 Å². The molecule has 1 aromatic rings. The lowest BCUT2D eigenvalue weighted by atomic mass is 9.84. The summed E-state index contributed by atoms with van der Waals surface area (Å²) >= 11 is 0. The van der Waals surface area contributed by atoms with E-state index in [9.17, 15) is 14.3 Å². The van der Waals surface area contributed by atoms with Gasteiger partial charge in [0.05, 0.1) is 0 Å². The number of rotatable bonds is 3. The van der Waals surface area contributed by atoms with Gasteiger partial charge in [-0.2, -0.15) is 0 Å². The van der Waals surface area contributed by atoms with Crippen molar-refractivity contribution >= 4 is 5.97 Å². The molecule has 0 radical (unpaired) electrons. The number of carbonyl (C=O) groups is 1. The molecular weight excluding hydrogens is 257 g/mol. The van der Waals surface area contributed by atoms with E-state index in [1.807, 2.05) is 6.07 Å². The Bertz CT molecular complexity index is 505. The van der Waals surface area contributed by atoms with E-state index >= 15 is 0 Å². The van der Waals surface area contributed by atoms with Gasteiger partial charge in [0.15, 0.2) is 0 Å². The van der Waals surface area contributed by atoms with Crippen LogP contribution < -0.4 is 0 Å². The van der Waals surface area contributed by atoms with Crippen molar-refractivity contribution in [2.75, 3.05) is 0 Å². The molecule has 2 fully saturated rings. The summed E-state index contributed by atoms with van der Waals surface area (Å²) in [6.45, 7) is 0.538. The zero-order chi connectivity index (χ0) is 14.1. The van der Waals surface area contributed by atoms with Crippen LogP contribution in [-0.2, 0) is 11.3 Å². The van der Waals surface area contributed by atoms with Crippen molar-refractivity contribution in [3.05, 3.63) is 35.6 Å². The summed E-state index contributed by atoms with van der Waals surface area (Å²) in [5.74, 6) is -0.497. The molecule has 1 heterocycles. The van der Waals surface area contributed by atoms with Gasteiger partial charge in [-0.25, -0.2) is 4.39 Å². The van der Waals surface area contributed by atoms with E-state index in [0.717, 1.165) is 24.8 Å². The second kappa shape index (κ2) is 5.52. The molecule has 108 valence electrons. The predicted octanol–water partition coefficient (Wildman–Crippen LogP) is 3.04. The fourth-order valence-electron chi connectivity index (χ4n) is 3.87. The predicted molar refractivity (Wildman–Crippen MR) is 73.7 cm³/mol. The van der Waals surface area contributed by atoms with Crippen LogP contribution in [0, 0.1) is 11.7 Å². The van der Waals surface area contributed by atoms with Crippen molar-refractivity contribution in [1.29, 1.82) is 0 Å². The average Bonchev–Trinajstić information content (AvgIpc) is 2.78. The number of fused-ring (bicyclic) bond motifs is 1. The molecular formula is C16H20FNO2. The first-order valence-electron chi connectivity index (χ1n) is 7.38. The first kappa shape index (κ1) is 13.6. The lowest BCUT2D eigenvalue weighted by molar-refractivity contribution is -0.142. The summed E-state index contributed by atoms with van der Waals surface area (Å²) in [6.07, 6.45) is 5.33. The molecule has 1 saturated carbocycles. The molecule has 0 aromatic heterocycles. The fraction of sp³-hybridized carbons (Fsp3) is 0.562. The Morgan fingerprint density at radius 2 is 2.15 bits per heavy atom. The van der Waals surface area contributed by atoms with E-state index in [2.05, 4.69) is 4.90 Å². The van der Waals surface area contributed by atoms with Gasteiger partial charge in [-0.15, -0.1) is 0 Å². The third-order valence-electron chi connectivity index (χ3n) is 4.76. The van der Waals surface area contributed by atoms with Crippen LogP contribution in [0.25, 0.3) is 0 Å². The second-order valence-electron chi connectivity index (χ2n) is 6.00. The second-order valence-corrected chi connectivity index (χ2v) is 6.00. The van der Waals surface area contributed by atoms with Gasteiger partial charge in [0.25, 0.3) is 0 Å². The Kier molecular flexibility index (Phi) is 3.74. The van der Waals surface area contributed by atoms with E-state index in [1.54, 1.807) is 6.07 Å². The number of nitrogens with zero attached hydrogens (tertiary/aromatic N) is 1. The normalized spacial score (nSPS) is 30.1. The van der Waals surface area contributed by atoms with Gasteiger partial charge in [0, 0.05) is 12.6 Å². The molecule has 1 aliphatic carbocycles. The number of hydrogen-bond acceptors (Lipinski definition) is 2. The zero-order valence-corrected chi connectivity index (χ0v) is 11.5. The molecule has 1 aliphatic heterocycles. The van der Waals surface area contributed by atoms with Crippen molar-refractivity contribution in [3.8, 4) is 0 Å². The van der Waals surface area contributed by atoms with Gasteiger partial charge >= 0.3 is 5.97 Å². The van der Waals surface area contributed by atoms with Crippen LogP contribution in [0.15, 0.2) is 24.3 Å². The molecule has 3 atom stereocenters. The summed E-state index contributed by atoms with van der Waals surface area (Å²) < 4.78 is 13.3. The largest absolute Gasteiger partial charge is 0.480 e. The highest BCUT2D eigenvalue weighted by atomic mass is 19.1. The van der Waals surface area contributed by atoms with Crippen LogP contribution in [0.2, 0.25) is 0 Å². The van der Waals surface area contributed by atoms with Gasteiger partial charge < -0.3 is 5.11 Å². The highest BCUT2D eigenvalue weighted by Gasteiger charge is 2.44. The number of aliphatic carboxylic acids is 1. The Balaban J connectivity index is 1.82. The Labute approximate surface area is 118 Å². The van der Waals surface area contributed by atoms with Crippen molar-refractivity contribution in [2.24, 2.45) is 5.92 Å². The van der Waals surface area contributed by atoms with Crippen molar-refractivity contribution < 1.29 is 14.3 Å². The topological polar surface area (TPSA) is 40.5 Å². The lowest BCUT2D eigenvalue weighted by Gasteiger charge is -2.33. The standard InChI is InChI=1S/C16H20FNO2/c17-13-6-3-4-11(8-13)10-18-14-7-2-1-5-12(14)9-15(18)16(19)20/h3-4,6,8,12,14-15H,1-2,5,7,9-10H2,(H,19,20)/t12-,14-,15+/m1/s1. The van der Waals surface area contributed by atoms with E-state index in [-0.39, 0.29) is 5.82 Å². The van der Waals surface area contributed by atoms with Crippen LogP contribution in [0.1, 0.15) is 37.7 Å². The first-order chi connectivity index (χ1) is 9.65. The van der Waals surface area contributed by atoms with Gasteiger partial charge in [0.1, 0.15) is 11.9 Å². The molecule has 1 saturated heterocycles. The molecule has 0 unspecified atom stereocenters. The quantitative estimate of drug-likeness (QED) is 0.923. The molecule has 20 heavy (non-hydrogen) atoms. The number of hydrogen-bond donors (Lipinski definition) is 1. The van der Waals surface area contributed by atoms with Crippen LogP contribution >= 0.6 is 0 Å². The maximum Gasteiger partial charge on any atom is 0.320 e. The van der Waals surface area contributed by atoms with Crippen molar-refractivity contribution in [1.82, 2.24) is 4.90 Å². The lowest BCUT2D eigenvalue weighted by Crippen LogP contribution is -2.41.